The average molecular weight is 552 g/mol. The zero-order valence-electron chi connectivity index (χ0n) is 22.8. The van der Waals surface area contributed by atoms with Crippen LogP contribution in [-0.4, -0.2) is 64.4 Å². The summed E-state index contributed by atoms with van der Waals surface area (Å²) < 4.78 is 39.2. The molecular weight excluding hydrogens is 515 g/mol. The first-order valence-electron chi connectivity index (χ1n) is 13.2. The molecule has 214 valence electrons. The highest BCUT2D eigenvalue weighted by molar-refractivity contribution is 5.96. The summed E-state index contributed by atoms with van der Waals surface area (Å²) in [7, 11) is 0. The number of primary amides is 1. The molecule has 1 aromatic heterocycles. The smallest absolute Gasteiger partial charge is 0.368 e. The number of fused-ring (bicyclic) bond motifs is 2. The lowest BCUT2D eigenvalue weighted by atomic mass is 9.79. The first-order chi connectivity index (χ1) is 18.0. The van der Waals surface area contributed by atoms with E-state index >= 15 is 0 Å². The monoisotopic (exact) mass is 551 g/mol. The van der Waals surface area contributed by atoms with Crippen molar-refractivity contribution in [3.8, 4) is 0 Å². The van der Waals surface area contributed by atoms with Crippen molar-refractivity contribution in [2.24, 2.45) is 28.4 Å². The van der Waals surface area contributed by atoms with Gasteiger partial charge >= 0.3 is 12.1 Å². The molecule has 2 aliphatic carbocycles. The van der Waals surface area contributed by atoms with Gasteiger partial charge in [0.1, 0.15) is 18.1 Å². The molecule has 6 atom stereocenters. The maximum atomic E-state index is 13.8. The first-order valence-corrected chi connectivity index (χ1v) is 13.2. The lowest BCUT2D eigenvalue weighted by Crippen LogP contribution is -2.61. The van der Waals surface area contributed by atoms with E-state index in [2.05, 4.69) is 10.3 Å². The Morgan fingerprint density at radius 2 is 1.82 bits per heavy atom. The van der Waals surface area contributed by atoms with Crippen LogP contribution in [0.1, 0.15) is 64.5 Å². The minimum atomic E-state index is -5.17. The number of hydrogen-bond donors (Lipinski definition) is 3. The molecule has 3 unspecified atom stereocenters. The lowest BCUT2D eigenvalue weighted by molar-refractivity contribution is -0.176. The highest BCUT2D eigenvalue weighted by Gasteiger charge is 2.70. The molecule has 4 rings (SSSR count). The number of carbonyl (C=O) groups excluding carboxylic acids is 4. The third-order valence-electron chi connectivity index (χ3n) is 8.72. The molecule has 0 spiro atoms. The van der Waals surface area contributed by atoms with E-state index in [-0.39, 0.29) is 23.8 Å². The Kier molecular flexibility index (Phi) is 7.23. The summed E-state index contributed by atoms with van der Waals surface area (Å²) in [4.78, 5) is 57.3. The van der Waals surface area contributed by atoms with Gasteiger partial charge in [0.15, 0.2) is 0 Å². The van der Waals surface area contributed by atoms with Gasteiger partial charge in [-0.25, -0.2) is 0 Å². The molecule has 4 amide bonds. The van der Waals surface area contributed by atoms with Crippen LogP contribution in [0, 0.1) is 22.7 Å². The van der Waals surface area contributed by atoms with Crippen molar-refractivity contribution >= 4 is 23.6 Å². The number of carbonyl (C=O) groups is 4. The Bertz CT molecular complexity index is 1180. The number of hydrogen-bond acceptors (Lipinski definition) is 5. The predicted octanol–water partition coefficient (Wildman–Crippen LogP) is 2.05. The molecule has 0 bridgehead atoms. The fourth-order valence-electron chi connectivity index (χ4n) is 6.46. The molecule has 4 N–H and O–H groups in total. The number of piperidine rings is 1. The van der Waals surface area contributed by atoms with Crippen molar-refractivity contribution in [1.82, 2.24) is 20.5 Å². The van der Waals surface area contributed by atoms with E-state index < -0.39 is 59.3 Å². The number of pyridine rings is 1. The number of rotatable bonds is 6. The van der Waals surface area contributed by atoms with E-state index in [1.807, 2.05) is 25.2 Å². The van der Waals surface area contributed by atoms with Gasteiger partial charge in [-0.05, 0) is 59.1 Å². The largest absolute Gasteiger partial charge is 0.471 e. The summed E-state index contributed by atoms with van der Waals surface area (Å²) in [6.07, 6.45) is 0.375. The van der Waals surface area contributed by atoms with E-state index in [1.165, 1.54) is 4.90 Å². The number of likely N-dealkylation sites (tertiary alicyclic amines) is 1. The zero-order valence-corrected chi connectivity index (χ0v) is 22.8. The van der Waals surface area contributed by atoms with Crippen molar-refractivity contribution in [2.45, 2.75) is 84.1 Å². The Morgan fingerprint density at radius 1 is 1.15 bits per heavy atom. The molecule has 0 radical (unpaired) electrons. The van der Waals surface area contributed by atoms with E-state index in [0.29, 0.717) is 6.42 Å². The van der Waals surface area contributed by atoms with Crippen LogP contribution in [0.4, 0.5) is 13.2 Å². The minimum Gasteiger partial charge on any atom is -0.368 e. The molecule has 2 heterocycles. The van der Waals surface area contributed by atoms with Gasteiger partial charge in [-0.2, -0.15) is 13.2 Å². The van der Waals surface area contributed by atoms with Crippen LogP contribution in [0.15, 0.2) is 18.5 Å². The van der Waals surface area contributed by atoms with E-state index in [4.69, 9.17) is 5.73 Å². The van der Waals surface area contributed by atoms with E-state index in [1.54, 1.807) is 33.2 Å². The highest BCUT2D eigenvalue weighted by atomic mass is 19.4. The molecule has 9 nitrogen and oxygen atoms in total. The van der Waals surface area contributed by atoms with Crippen LogP contribution in [0.5, 0.6) is 0 Å². The van der Waals surface area contributed by atoms with Crippen molar-refractivity contribution in [3.05, 3.63) is 29.6 Å². The number of nitrogens with zero attached hydrogens (tertiary/aromatic N) is 2. The van der Waals surface area contributed by atoms with Gasteiger partial charge in [-0.1, -0.05) is 34.6 Å². The van der Waals surface area contributed by atoms with E-state index in [9.17, 15) is 32.3 Å². The van der Waals surface area contributed by atoms with Gasteiger partial charge in [0.25, 0.3) is 0 Å². The predicted molar refractivity (Wildman–Crippen MR) is 135 cm³/mol. The molecule has 1 aliphatic heterocycles. The highest BCUT2D eigenvalue weighted by Crippen LogP contribution is 2.65. The summed E-state index contributed by atoms with van der Waals surface area (Å²) in [5.74, 6) is -5.01. The second kappa shape index (κ2) is 9.78. The fraction of sp³-hybridized carbons (Fsp3) is 0.667. The number of nitrogens with one attached hydrogen (secondary N) is 2. The van der Waals surface area contributed by atoms with Gasteiger partial charge in [-0.15, -0.1) is 0 Å². The maximum Gasteiger partial charge on any atom is 0.471 e. The Hall–Kier alpha value is -3.18. The Balaban J connectivity index is 1.61. The number of aryl methyl sites for hydroxylation is 1. The van der Waals surface area contributed by atoms with Gasteiger partial charge in [0.2, 0.25) is 17.7 Å². The summed E-state index contributed by atoms with van der Waals surface area (Å²) in [6, 6.07) is -1.73. The topological polar surface area (TPSA) is 134 Å². The van der Waals surface area contributed by atoms with Crippen molar-refractivity contribution in [2.75, 3.05) is 6.54 Å². The van der Waals surface area contributed by atoms with Crippen LogP contribution < -0.4 is 16.4 Å². The van der Waals surface area contributed by atoms with Crippen LogP contribution in [0.3, 0.4) is 0 Å². The molecule has 1 saturated heterocycles. The van der Waals surface area contributed by atoms with Crippen LogP contribution in [0.25, 0.3) is 0 Å². The Labute approximate surface area is 225 Å². The van der Waals surface area contributed by atoms with Crippen molar-refractivity contribution in [1.29, 1.82) is 0 Å². The van der Waals surface area contributed by atoms with Gasteiger partial charge < -0.3 is 21.3 Å². The number of halogens is 3. The zero-order chi connectivity index (χ0) is 29.1. The quantitative estimate of drug-likeness (QED) is 0.498. The molecule has 39 heavy (non-hydrogen) atoms. The first kappa shape index (κ1) is 28.8. The molecular formula is C27H36F3N5O4. The van der Waals surface area contributed by atoms with Crippen molar-refractivity contribution < 1.29 is 32.3 Å². The number of nitrogens with two attached hydrogens (primary N) is 1. The number of alkyl halides is 3. The van der Waals surface area contributed by atoms with Crippen molar-refractivity contribution in [3.63, 3.8) is 0 Å². The van der Waals surface area contributed by atoms with E-state index in [0.717, 1.165) is 24.0 Å². The molecule has 1 saturated carbocycles. The van der Waals surface area contributed by atoms with Crippen LogP contribution in [0.2, 0.25) is 0 Å². The van der Waals surface area contributed by atoms with Crippen LogP contribution in [-0.2, 0) is 25.6 Å². The molecule has 3 aliphatic rings. The van der Waals surface area contributed by atoms with Gasteiger partial charge in [0.05, 0.1) is 0 Å². The van der Waals surface area contributed by atoms with Gasteiger partial charge in [0, 0.05) is 24.9 Å². The fourth-order valence-corrected chi connectivity index (χ4v) is 6.46. The average Bonchev–Trinajstić information content (AvgIpc) is 3.16. The molecule has 2 fully saturated rings. The third kappa shape index (κ3) is 5.34. The normalized spacial score (nSPS) is 27.0. The number of amides is 4. The van der Waals surface area contributed by atoms with Gasteiger partial charge in [-0.3, -0.25) is 24.2 Å². The molecule has 12 heteroatoms. The summed E-state index contributed by atoms with van der Waals surface area (Å²) in [5.41, 5.74) is 6.26. The summed E-state index contributed by atoms with van der Waals surface area (Å²) in [5, 5.41) is 4.63. The molecule has 1 aromatic rings. The third-order valence-corrected chi connectivity index (χ3v) is 8.72. The van der Waals surface area contributed by atoms with Crippen LogP contribution >= 0.6 is 0 Å². The number of aromatic nitrogens is 1. The summed E-state index contributed by atoms with van der Waals surface area (Å²) >= 11 is 0. The minimum absolute atomic E-state index is 0.0530. The second-order valence-corrected chi connectivity index (χ2v) is 12.6. The maximum absolute atomic E-state index is 13.8. The summed E-state index contributed by atoms with van der Waals surface area (Å²) in [6.45, 7) is 8.71. The lowest BCUT2D eigenvalue weighted by Gasteiger charge is -2.38. The SMILES string of the molecule is CC(C)(C)C(NC(=O)C(F)(F)F)C(=O)N1C[C@H]2[C@@H]([C@H]1C(=O)NC(C(N)=O)C1CCCc3ccncc31)C2(C)C. The Morgan fingerprint density at radius 3 is 2.41 bits per heavy atom. The second-order valence-electron chi connectivity index (χ2n) is 12.6. The molecule has 0 aromatic carbocycles. The standard InChI is InChI=1S/C27H36F3N5O4/c1-25(2,3)20(34-24(39)27(28,29)30)23(38)35-12-16-17(26(16,4)5)19(35)22(37)33-18(21(31)36)14-8-6-7-13-9-10-32-11-15(13)14/h9-11,14,16-20H,6-8,12H2,1-5H3,(H2,31,36)(H,33,37)(H,34,39)/t14?,16-,17-,18?,19-,20?/m0/s1.